The molecule has 2 fully saturated rings. The zero-order valence-corrected chi connectivity index (χ0v) is 27.0. The fourth-order valence-corrected chi connectivity index (χ4v) is 6.83. The summed E-state index contributed by atoms with van der Waals surface area (Å²) < 4.78 is 5.85. The van der Waals surface area contributed by atoms with E-state index in [1.165, 1.54) is 6.07 Å². The number of piperazine rings is 1. The third kappa shape index (κ3) is 6.53. The first kappa shape index (κ1) is 31.2. The molecule has 0 unspecified atom stereocenters. The van der Waals surface area contributed by atoms with Crippen LogP contribution in [0.2, 0.25) is 0 Å². The van der Waals surface area contributed by atoms with Crippen molar-refractivity contribution in [3.05, 3.63) is 124 Å². The lowest BCUT2D eigenvalue weighted by Gasteiger charge is -2.38. The molecule has 1 N–H and O–H groups in total. The highest BCUT2D eigenvalue weighted by Gasteiger charge is 2.31. The summed E-state index contributed by atoms with van der Waals surface area (Å²) in [6, 6.07) is 27.8. The minimum absolute atomic E-state index is 0.134. The van der Waals surface area contributed by atoms with Gasteiger partial charge in [-0.2, -0.15) is 0 Å². The molecular formula is C39H38N4O5. The lowest BCUT2D eigenvalue weighted by Crippen LogP contribution is -2.55. The summed E-state index contributed by atoms with van der Waals surface area (Å²) >= 11 is 0. The first-order valence-electron chi connectivity index (χ1n) is 16.5. The molecule has 0 saturated carbocycles. The first-order chi connectivity index (χ1) is 23.3. The molecule has 9 nitrogen and oxygen atoms in total. The van der Waals surface area contributed by atoms with Crippen molar-refractivity contribution < 1.29 is 18.8 Å². The van der Waals surface area contributed by atoms with E-state index >= 15 is 0 Å². The zero-order valence-electron chi connectivity index (χ0n) is 27.0. The van der Waals surface area contributed by atoms with E-state index in [1.54, 1.807) is 17.0 Å². The molecule has 0 spiro atoms. The Kier molecular flexibility index (Phi) is 8.67. The van der Waals surface area contributed by atoms with Crippen molar-refractivity contribution in [1.82, 2.24) is 15.1 Å². The number of aryl methyl sites for hydroxylation is 1. The number of para-hydroxylation sites is 1. The summed E-state index contributed by atoms with van der Waals surface area (Å²) in [5.41, 5.74) is 4.01. The number of hydrogen-bond donors (Lipinski definition) is 1. The number of nitrogens with one attached hydrogen (secondary N) is 1. The summed E-state index contributed by atoms with van der Waals surface area (Å²) in [7, 11) is 0. The van der Waals surface area contributed by atoms with E-state index in [0.29, 0.717) is 50.1 Å². The van der Waals surface area contributed by atoms with Gasteiger partial charge in [-0.25, -0.2) is 0 Å². The quantitative estimate of drug-likeness (QED) is 0.254. The highest BCUT2D eigenvalue weighted by Crippen LogP contribution is 2.26. The smallest absolute Gasteiger partial charge is 0.287 e. The Morgan fingerprint density at radius 3 is 2.40 bits per heavy atom. The second-order valence-electron chi connectivity index (χ2n) is 12.7. The molecule has 48 heavy (non-hydrogen) atoms. The van der Waals surface area contributed by atoms with E-state index < -0.39 is 11.9 Å². The Bertz CT molecular complexity index is 2080. The van der Waals surface area contributed by atoms with Crippen LogP contribution >= 0.6 is 0 Å². The van der Waals surface area contributed by atoms with Crippen molar-refractivity contribution in [1.29, 1.82) is 0 Å². The first-order valence-corrected chi connectivity index (χ1v) is 16.5. The molecule has 5 aromatic rings. The third-order valence-electron chi connectivity index (χ3n) is 9.42. The molecule has 4 aromatic carbocycles. The van der Waals surface area contributed by atoms with E-state index in [0.717, 1.165) is 46.1 Å². The van der Waals surface area contributed by atoms with Crippen LogP contribution in [-0.2, 0) is 22.6 Å². The number of carbonyl (C=O) groups is 3. The molecule has 0 aliphatic carbocycles. The normalized spacial score (nSPS) is 15.7. The van der Waals surface area contributed by atoms with Gasteiger partial charge in [-0.05, 0) is 53.4 Å². The number of anilines is 1. The highest BCUT2D eigenvalue weighted by atomic mass is 16.3. The van der Waals surface area contributed by atoms with E-state index in [1.807, 2.05) is 72.5 Å². The zero-order chi connectivity index (χ0) is 33.2. The van der Waals surface area contributed by atoms with Crippen LogP contribution in [0, 0.1) is 6.92 Å². The summed E-state index contributed by atoms with van der Waals surface area (Å²) in [4.78, 5) is 59.0. The molecule has 3 heterocycles. The summed E-state index contributed by atoms with van der Waals surface area (Å²) in [5.74, 6) is -0.744. The van der Waals surface area contributed by atoms with Crippen LogP contribution in [0.25, 0.3) is 21.7 Å². The van der Waals surface area contributed by atoms with Crippen molar-refractivity contribution in [3.8, 4) is 0 Å². The number of carbonyl (C=O) groups excluding carboxylic acids is 3. The second-order valence-corrected chi connectivity index (χ2v) is 12.7. The summed E-state index contributed by atoms with van der Waals surface area (Å²) in [6.45, 7) is 5.44. The van der Waals surface area contributed by atoms with Crippen molar-refractivity contribution in [2.24, 2.45) is 0 Å². The molecule has 244 valence electrons. The van der Waals surface area contributed by atoms with Crippen LogP contribution in [0.15, 0.2) is 100 Å². The van der Waals surface area contributed by atoms with Crippen LogP contribution in [0.5, 0.6) is 0 Å². The van der Waals surface area contributed by atoms with Gasteiger partial charge >= 0.3 is 0 Å². The maximum absolute atomic E-state index is 14.2. The Morgan fingerprint density at radius 1 is 0.833 bits per heavy atom. The van der Waals surface area contributed by atoms with Crippen LogP contribution in [0.3, 0.4) is 0 Å². The van der Waals surface area contributed by atoms with E-state index in [4.69, 9.17) is 4.42 Å². The molecule has 0 bridgehead atoms. The van der Waals surface area contributed by atoms with E-state index in [-0.39, 0.29) is 29.4 Å². The molecule has 9 heteroatoms. The van der Waals surface area contributed by atoms with Crippen molar-refractivity contribution in [2.45, 2.75) is 38.8 Å². The van der Waals surface area contributed by atoms with Gasteiger partial charge in [0.15, 0.2) is 11.2 Å². The van der Waals surface area contributed by atoms with Crippen molar-refractivity contribution >= 4 is 45.2 Å². The molecule has 1 atom stereocenters. The van der Waals surface area contributed by atoms with Gasteiger partial charge in [0.2, 0.25) is 11.8 Å². The maximum Gasteiger partial charge on any atom is 0.287 e. The minimum atomic E-state index is -0.877. The second kappa shape index (κ2) is 13.4. The predicted molar refractivity (Wildman–Crippen MR) is 186 cm³/mol. The standard InChI is InChI=1S/C39H38N4O5/c1-26-12-15-35-31(21-26)34(44)24-36(48-35)38(46)40-32(23-27-13-14-28-7-2-3-8-29(28)22-27)39(47)42-19-17-41(18-20-42)33-10-5-4-9-30(33)25-43-16-6-11-37(43)45/h2-5,7-10,12-15,21-22,24,32H,6,11,16-20,23,25H2,1H3,(H,40,46)/t32-/m1/s1. The van der Waals surface area contributed by atoms with Gasteiger partial charge < -0.3 is 24.4 Å². The van der Waals surface area contributed by atoms with Gasteiger partial charge in [-0.15, -0.1) is 0 Å². The number of amides is 3. The fourth-order valence-electron chi connectivity index (χ4n) is 6.83. The Labute approximate surface area is 278 Å². The molecule has 0 radical (unpaired) electrons. The van der Waals surface area contributed by atoms with Crippen molar-refractivity contribution in [2.75, 3.05) is 37.6 Å². The minimum Gasteiger partial charge on any atom is -0.451 e. The molecular weight excluding hydrogens is 604 g/mol. The summed E-state index contributed by atoms with van der Waals surface area (Å²) in [5, 5.41) is 5.45. The van der Waals surface area contributed by atoms with Gasteiger partial charge in [0, 0.05) is 63.9 Å². The molecule has 2 saturated heterocycles. The van der Waals surface area contributed by atoms with E-state index in [2.05, 4.69) is 22.3 Å². The molecule has 3 amide bonds. The highest BCUT2D eigenvalue weighted by molar-refractivity contribution is 5.97. The van der Waals surface area contributed by atoms with E-state index in [9.17, 15) is 19.2 Å². The predicted octanol–water partition coefficient (Wildman–Crippen LogP) is 5.07. The SMILES string of the molecule is Cc1ccc2oc(C(=O)N[C@H](Cc3ccc4ccccc4c3)C(=O)N3CCN(c4ccccc4CN4CCCC4=O)CC3)cc(=O)c2c1. The van der Waals surface area contributed by atoms with Crippen LogP contribution < -0.4 is 15.6 Å². The number of likely N-dealkylation sites (tertiary alicyclic amines) is 1. The lowest BCUT2D eigenvalue weighted by atomic mass is 10.0. The molecule has 7 rings (SSSR count). The number of rotatable bonds is 8. The van der Waals surface area contributed by atoms with Crippen molar-refractivity contribution in [3.63, 3.8) is 0 Å². The number of benzene rings is 4. The monoisotopic (exact) mass is 642 g/mol. The average Bonchev–Trinajstić information content (AvgIpc) is 3.51. The average molecular weight is 643 g/mol. The fraction of sp³-hybridized carbons (Fsp3) is 0.282. The van der Waals surface area contributed by atoms with Crippen LogP contribution in [0.1, 0.15) is 40.1 Å². The number of nitrogens with zero attached hydrogens (tertiary/aromatic N) is 3. The van der Waals surface area contributed by atoms with Crippen LogP contribution in [-0.4, -0.2) is 66.3 Å². The molecule has 2 aliphatic heterocycles. The van der Waals surface area contributed by atoms with Gasteiger partial charge in [0.25, 0.3) is 5.91 Å². The summed E-state index contributed by atoms with van der Waals surface area (Å²) in [6.07, 6.45) is 1.78. The Balaban J connectivity index is 1.11. The Morgan fingerprint density at radius 2 is 1.60 bits per heavy atom. The number of fused-ring (bicyclic) bond motifs is 2. The van der Waals surface area contributed by atoms with Gasteiger partial charge in [-0.1, -0.05) is 72.3 Å². The van der Waals surface area contributed by atoms with Gasteiger partial charge in [0.1, 0.15) is 11.6 Å². The lowest BCUT2D eigenvalue weighted by molar-refractivity contribution is -0.133. The third-order valence-corrected chi connectivity index (χ3v) is 9.42. The maximum atomic E-state index is 14.2. The Hall–Kier alpha value is -5.44. The van der Waals surface area contributed by atoms with Gasteiger partial charge in [0.05, 0.1) is 5.39 Å². The van der Waals surface area contributed by atoms with Gasteiger partial charge in [-0.3, -0.25) is 19.2 Å². The largest absolute Gasteiger partial charge is 0.451 e. The van der Waals surface area contributed by atoms with Crippen LogP contribution in [0.4, 0.5) is 5.69 Å². The molecule has 1 aromatic heterocycles. The molecule has 2 aliphatic rings. The number of hydrogen-bond acceptors (Lipinski definition) is 6. The topological polar surface area (TPSA) is 103 Å².